The molecule has 0 fully saturated rings. The molecule has 3 rings (SSSR count). The third-order valence-corrected chi connectivity index (χ3v) is 3.95. The molecule has 2 aromatic carbocycles. The standard InChI is InChI=1S/C19H10Cl2FNO3/c20-15-9-10-16(21)23-17(15)19(25)26-14-7-3-12(4-8-14)18(24)11-1-5-13(22)6-2-11/h1-10H. The zero-order chi connectivity index (χ0) is 18.7. The highest BCUT2D eigenvalue weighted by Gasteiger charge is 2.16. The molecule has 1 heterocycles. The van der Waals surface area contributed by atoms with Crippen molar-refractivity contribution in [2.45, 2.75) is 0 Å². The van der Waals surface area contributed by atoms with Crippen LogP contribution in [-0.4, -0.2) is 16.7 Å². The first-order chi connectivity index (χ1) is 12.4. The summed E-state index contributed by atoms with van der Waals surface area (Å²) < 4.78 is 18.1. The molecule has 4 nitrogen and oxygen atoms in total. The average Bonchev–Trinajstić information content (AvgIpc) is 2.64. The maximum atomic E-state index is 12.9. The van der Waals surface area contributed by atoms with Crippen LogP contribution in [-0.2, 0) is 0 Å². The predicted molar refractivity (Wildman–Crippen MR) is 95.5 cm³/mol. The zero-order valence-corrected chi connectivity index (χ0v) is 14.6. The Balaban J connectivity index is 1.75. The minimum atomic E-state index is -0.768. The van der Waals surface area contributed by atoms with Crippen molar-refractivity contribution in [1.29, 1.82) is 0 Å². The van der Waals surface area contributed by atoms with Crippen molar-refractivity contribution >= 4 is 35.0 Å². The zero-order valence-electron chi connectivity index (χ0n) is 13.1. The molecule has 3 aromatic rings. The van der Waals surface area contributed by atoms with E-state index in [1.54, 1.807) is 0 Å². The SMILES string of the molecule is O=C(c1ccc(F)cc1)c1ccc(OC(=O)c2nc(Cl)ccc2Cl)cc1. The molecule has 130 valence electrons. The van der Waals surface area contributed by atoms with E-state index in [-0.39, 0.29) is 27.4 Å². The first-order valence-corrected chi connectivity index (χ1v) is 8.14. The van der Waals surface area contributed by atoms with Gasteiger partial charge in [0.15, 0.2) is 11.5 Å². The van der Waals surface area contributed by atoms with E-state index in [0.717, 1.165) is 0 Å². The Morgan fingerprint density at radius 2 is 1.42 bits per heavy atom. The van der Waals surface area contributed by atoms with Crippen LogP contribution in [0.2, 0.25) is 10.2 Å². The summed E-state index contributed by atoms with van der Waals surface area (Å²) in [4.78, 5) is 28.3. The van der Waals surface area contributed by atoms with Gasteiger partial charge in [0, 0.05) is 11.1 Å². The number of pyridine rings is 1. The fourth-order valence-corrected chi connectivity index (χ4v) is 2.49. The van der Waals surface area contributed by atoms with Crippen molar-refractivity contribution in [2.24, 2.45) is 0 Å². The molecular weight excluding hydrogens is 380 g/mol. The van der Waals surface area contributed by atoms with Gasteiger partial charge in [0.1, 0.15) is 16.7 Å². The normalized spacial score (nSPS) is 10.4. The first-order valence-electron chi connectivity index (χ1n) is 7.38. The van der Waals surface area contributed by atoms with E-state index in [9.17, 15) is 14.0 Å². The molecular formula is C19H10Cl2FNO3. The Kier molecular flexibility index (Phi) is 5.30. The fourth-order valence-electron chi connectivity index (χ4n) is 2.16. The number of nitrogens with zero attached hydrogens (tertiary/aromatic N) is 1. The molecule has 0 spiro atoms. The third kappa shape index (κ3) is 4.07. The second-order valence-electron chi connectivity index (χ2n) is 5.21. The van der Waals surface area contributed by atoms with Gasteiger partial charge in [-0.25, -0.2) is 14.2 Å². The molecule has 0 N–H and O–H groups in total. The molecule has 1 aromatic heterocycles. The van der Waals surface area contributed by atoms with Crippen molar-refractivity contribution in [3.8, 4) is 5.75 Å². The van der Waals surface area contributed by atoms with Crippen LogP contribution in [0.15, 0.2) is 60.7 Å². The van der Waals surface area contributed by atoms with Crippen molar-refractivity contribution in [1.82, 2.24) is 4.98 Å². The molecule has 0 saturated heterocycles. The number of benzene rings is 2. The predicted octanol–water partition coefficient (Wildman–Crippen LogP) is 4.98. The monoisotopic (exact) mass is 389 g/mol. The number of ketones is 1. The van der Waals surface area contributed by atoms with Crippen LogP contribution in [0, 0.1) is 5.82 Å². The van der Waals surface area contributed by atoms with Gasteiger partial charge in [0.25, 0.3) is 0 Å². The Morgan fingerprint density at radius 3 is 2.04 bits per heavy atom. The average molecular weight is 390 g/mol. The number of ether oxygens (including phenoxy) is 1. The van der Waals surface area contributed by atoms with Crippen LogP contribution < -0.4 is 4.74 Å². The van der Waals surface area contributed by atoms with Gasteiger partial charge in [0.05, 0.1) is 5.02 Å². The van der Waals surface area contributed by atoms with Gasteiger partial charge in [-0.1, -0.05) is 23.2 Å². The summed E-state index contributed by atoms with van der Waals surface area (Å²) in [5, 5.41) is 0.226. The lowest BCUT2D eigenvalue weighted by Crippen LogP contribution is -2.11. The molecule has 0 amide bonds. The summed E-state index contributed by atoms with van der Waals surface area (Å²) in [7, 11) is 0. The smallest absolute Gasteiger partial charge is 0.363 e. The Hall–Kier alpha value is -2.76. The molecule has 0 aliphatic heterocycles. The highest BCUT2D eigenvalue weighted by atomic mass is 35.5. The number of aromatic nitrogens is 1. The quantitative estimate of drug-likeness (QED) is 0.273. The van der Waals surface area contributed by atoms with Gasteiger partial charge in [-0.05, 0) is 60.7 Å². The summed E-state index contributed by atoms with van der Waals surface area (Å²) in [5.41, 5.74) is 0.618. The Labute approximate surface area is 158 Å². The third-order valence-electron chi connectivity index (χ3n) is 3.44. The van der Waals surface area contributed by atoms with Crippen LogP contribution in [0.4, 0.5) is 4.39 Å². The van der Waals surface area contributed by atoms with E-state index in [1.165, 1.54) is 60.7 Å². The number of rotatable bonds is 4. The van der Waals surface area contributed by atoms with Crippen LogP contribution in [0.5, 0.6) is 5.75 Å². The van der Waals surface area contributed by atoms with E-state index >= 15 is 0 Å². The summed E-state index contributed by atoms with van der Waals surface area (Å²) in [6, 6.07) is 14.1. The van der Waals surface area contributed by atoms with E-state index in [0.29, 0.717) is 11.1 Å². The van der Waals surface area contributed by atoms with Gasteiger partial charge >= 0.3 is 5.97 Å². The van der Waals surface area contributed by atoms with Crippen LogP contribution in [0.25, 0.3) is 0 Å². The Morgan fingerprint density at radius 1 is 0.846 bits per heavy atom. The van der Waals surface area contributed by atoms with Gasteiger partial charge in [-0.15, -0.1) is 0 Å². The van der Waals surface area contributed by atoms with E-state index in [4.69, 9.17) is 27.9 Å². The molecule has 7 heteroatoms. The lowest BCUT2D eigenvalue weighted by atomic mass is 10.0. The number of carbonyl (C=O) groups is 2. The number of hydrogen-bond donors (Lipinski definition) is 0. The van der Waals surface area contributed by atoms with Crippen molar-refractivity contribution in [3.63, 3.8) is 0 Å². The van der Waals surface area contributed by atoms with Crippen molar-refractivity contribution in [2.75, 3.05) is 0 Å². The highest BCUT2D eigenvalue weighted by Crippen LogP contribution is 2.21. The largest absolute Gasteiger partial charge is 0.422 e. The van der Waals surface area contributed by atoms with Crippen LogP contribution >= 0.6 is 23.2 Å². The molecule has 0 atom stereocenters. The number of esters is 1. The second kappa shape index (κ2) is 7.64. The summed E-state index contributed by atoms with van der Waals surface area (Å²) in [5.74, 6) is -1.25. The van der Waals surface area contributed by atoms with E-state index in [2.05, 4.69) is 4.98 Å². The summed E-state index contributed by atoms with van der Waals surface area (Å²) in [6.07, 6.45) is 0. The number of hydrogen-bond acceptors (Lipinski definition) is 4. The molecule has 0 aliphatic carbocycles. The lowest BCUT2D eigenvalue weighted by Gasteiger charge is -2.06. The molecule has 26 heavy (non-hydrogen) atoms. The molecule has 0 radical (unpaired) electrons. The second-order valence-corrected chi connectivity index (χ2v) is 6.01. The Bertz CT molecular complexity index is 973. The van der Waals surface area contributed by atoms with Crippen molar-refractivity contribution < 1.29 is 18.7 Å². The highest BCUT2D eigenvalue weighted by molar-refractivity contribution is 6.34. The summed E-state index contributed by atoms with van der Waals surface area (Å²) >= 11 is 11.7. The minimum Gasteiger partial charge on any atom is -0.422 e. The molecule has 0 aliphatic rings. The minimum absolute atomic E-state index is 0.106. The lowest BCUT2D eigenvalue weighted by molar-refractivity contribution is 0.0729. The summed E-state index contributed by atoms with van der Waals surface area (Å²) in [6.45, 7) is 0. The van der Waals surface area contributed by atoms with Gasteiger partial charge in [-0.3, -0.25) is 4.79 Å². The molecule has 0 saturated carbocycles. The van der Waals surface area contributed by atoms with Gasteiger partial charge in [-0.2, -0.15) is 0 Å². The van der Waals surface area contributed by atoms with Gasteiger partial charge in [0.2, 0.25) is 0 Å². The maximum Gasteiger partial charge on any atom is 0.363 e. The van der Waals surface area contributed by atoms with Gasteiger partial charge < -0.3 is 4.74 Å². The first kappa shape index (κ1) is 18.0. The fraction of sp³-hybridized carbons (Fsp3) is 0. The maximum absolute atomic E-state index is 12.9. The topological polar surface area (TPSA) is 56.3 Å². The van der Waals surface area contributed by atoms with E-state index in [1.807, 2.05) is 0 Å². The van der Waals surface area contributed by atoms with Crippen molar-refractivity contribution in [3.05, 3.63) is 93.5 Å². The number of halogens is 3. The van der Waals surface area contributed by atoms with E-state index < -0.39 is 11.8 Å². The van der Waals surface area contributed by atoms with Crippen LogP contribution in [0.3, 0.4) is 0 Å². The molecule has 0 unspecified atom stereocenters. The number of carbonyl (C=O) groups excluding carboxylic acids is 2. The van der Waals surface area contributed by atoms with Crippen LogP contribution in [0.1, 0.15) is 26.4 Å². The molecule has 0 bridgehead atoms.